The average molecular weight is 374 g/mol. The molecule has 5 nitrogen and oxygen atoms in total. The van der Waals surface area contributed by atoms with Gasteiger partial charge in [-0.1, -0.05) is 18.2 Å². The fourth-order valence-electron chi connectivity index (χ4n) is 2.45. The van der Waals surface area contributed by atoms with Gasteiger partial charge in [-0.15, -0.1) is 0 Å². The molecule has 0 saturated heterocycles. The first-order valence-corrected chi connectivity index (χ1v) is 8.30. The molecule has 2 heterocycles. The number of halogens is 3. The van der Waals surface area contributed by atoms with Crippen molar-refractivity contribution in [1.82, 2.24) is 15.0 Å². The third-order valence-corrected chi connectivity index (χ3v) is 3.75. The van der Waals surface area contributed by atoms with Crippen LogP contribution in [0, 0.1) is 0 Å². The first-order valence-electron chi connectivity index (χ1n) is 8.30. The van der Waals surface area contributed by atoms with Crippen molar-refractivity contribution in [2.24, 2.45) is 0 Å². The van der Waals surface area contributed by atoms with E-state index in [1.807, 2.05) is 0 Å². The maximum atomic E-state index is 13.0. The third kappa shape index (κ3) is 4.79. The van der Waals surface area contributed by atoms with Gasteiger partial charge in [0.1, 0.15) is 11.5 Å². The maximum absolute atomic E-state index is 13.0. The molecule has 0 aliphatic carbocycles. The van der Waals surface area contributed by atoms with E-state index in [1.165, 1.54) is 6.07 Å². The number of aromatic nitrogens is 3. The van der Waals surface area contributed by atoms with Crippen LogP contribution in [-0.4, -0.2) is 33.2 Å². The summed E-state index contributed by atoms with van der Waals surface area (Å²) in [4.78, 5) is 13.0. The Morgan fingerprint density at radius 3 is 2.52 bits per heavy atom. The highest BCUT2D eigenvalue weighted by Crippen LogP contribution is 2.32. The minimum Gasteiger partial charge on any atom is -0.396 e. The number of benzene rings is 1. The van der Waals surface area contributed by atoms with E-state index in [1.54, 1.807) is 36.5 Å². The van der Waals surface area contributed by atoms with Gasteiger partial charge in [0.15, 0.2) is 5.82 Å². The van der Waals surface area contributed by atoms with E-state index in [9.17, 15) is 13.2 Å². The molecule has 140 valence electrons. The molecule has 0 amide bonds. The van der Waals surface area contributed by atoms with Gasteiger partial charge in [0.2, 0.25) is 0 Å². The third-order valence-electron chi connectivity index (χ3n) is 3.75. The Balaban J connectivity index is 2.05. The second-order valence-electron chi connectivity index (χ2n) is 5.76. The molecular formula is C19H17F3N4O. The number of nitrogens with one attached hydrogen (secondary N) is 1. The number of nitrogens with zero attached hydrogens (tertiary/aromatic N) is 3. The van der Waals surface area contributed by atoms with Crippen LogP contribution in [0.2, 0.25) is 0 Å². The number of rotatable bonds is 6. The fourth-order valence-corrected chi connectivity index (χ4v) is 2.45. The van der Waals surface area contributed by atoms with Crippen LogP contribution in [0.5, 0.6) is 0 Å². The lowest BCUT2D eigenvalue weighted by Gasteiger charge is -2.11. The highest BCUT2D eigenvalue weighted by Gasteiger charge is 2.30. The van der Waals surface area contributed by atoms with Crippen LogP contribution in [0.3, 0.4) is 0 Å². The van der Waals surface area contributed by atoms with Crippen LogP contribution in [0.1, 0.15) is 12.0 Å². The van der Waals surface area contributed by atoms with Crippen LogP contribution in [0.15, 0.2) is 54.7 Å². The molecule has 3 aromatic rings. The van der Waals surface area contributed by atoms with Crippen molar-refractivity contribution in [2.45, 2.75) is 12.6 Å². The van der Waals surface area contributed by atoms with E-state index in [2.05, 4.69) is 20.3 Å². The van der Waals surface area contributed by atoms with Gasteiger partial charge in [-0.25, -0.2) is 9.97 Å². The molecule has 0 fully saturated rings. The Hall–Kier alpha value is -3.00. The molecule has 27 heavy (non-hydrogen) atoms. The molecule has 3 rings (SSSR count). The molecule has 8 heteroatoms. The summed E-state index contributed by atoms with van der Waals surface area (Å²) >= 11 is 0. The van der Waals surface area contributed by atoms with Crippen LogP contribution in [0.25, 0.3) is 22.8 Å². The van der Waals surface area contributed by atoms with Gasteiger partial charge in [0.25, 0.3) is 0 Å². The van der Waals surface area contributed by atoms with Gasteiger partial charge in [0.05, 0.1) is 11.3 Å². The standard InChI is InChI=1S/C19H17F3N4O/c20-19(21,22)14-6-3-5-13(11-14)16-12-17(24-9-4-10-27)26-18(25-16)15-7-1-2-8-23-15/h1-3,5-8,11-12,27H,4,9-10H2,(H,24,25,26). The lowest BCUT2D eigenvalue weighted by molar-refractivity contribution is -0.137. The van der Waals surface area contributed by atoms with Gasteiger partial charge in [-0.2, -0.15) is 13.2 Å². The van der Waals surface area contributed by atoms with E-state index >= 15 is 0 Å². The van der Waals surface area contributed by atoms with E-state index in [0.29, 0.717) is 41.6 Å². The van der Waals surface area contributed by atoms with Crippen LogP contribution >= 0.6 is 0 Å². The molecule has 0 aliphatic heterocycles. The zero-order valence-electron chi connectivity index (χ0n) is 14.2. The van der Waals surface area contributed by atoms with Crippen molar-refractivity contribution in [1.29, 1.82) is 0 Å². The van der Waals surface area contributed by atoms with Crippen molar-refractivity contribution >= 4 is 5.82 Å². The summed E-state index contributed by atoms with van der Waals surface area (Å²) in [7, 11) is 0. The predicted molar refractivity (Wildman–Crippen MR) is 95.9 cm³/mol. The lowest BCUT2D eigenvalue weighted by atomic mass is 10.1. The van der Waals surface area contributed by atoms with Crippen molar-refractivity contribution in [3.8, 4) is 22.8 Å². The first-order chi connectivity index (χ1) is 13.0. The van der Waals surface area contributed by atoms with Gasteiger partial charge in [-0.05, 0) is 30.7 Å². The minimum atomic E-state index is -4.44. The van der Waals surface area contributed by atoms with Crippen molar-refractivity contribution in [3.63, 3.8) is 0 Å². The average Bonchev–Trinajstić information content (AvgIpc) is 2.68. The quantitative estimate of drug-likeness (QED) is 0.638. The van der Waals surface area contributed by atoms with E-state index < -0.39 is 11.7 Å². The molecule has 0 bridgehead atoms. The second kappa shape index (κ2) is 8.13. The Morgan fingerprint density at radius 2 is 1.81 bits per heavy atom. The Kier molecular flexibility index (Phi) is 5.66. The van der Waals surface area contributed by atoms with Gasteiger partial charge < -0.3 is 10.4 Å². The smallest absolute Gasteiger partial charge is 0.396 e. The van der Waals surface area contributed by atoms with Gasteiger partial charge in [0, 0.05) is 31.0 Å². The van der Waals surface area contributed by atoms with E-state index in [4.69, 9.17) is 5.11 Å². The maximum Gasteiger partial charge on any atom is 0.416 e. The lowest BCUT2D eigenvalue weighted by Crippen LogP contribution is -2.07. The van der Waals surface area contributed by atoms with Gasteiger partial charge in [-0.3, -0.25) is 4.98 Å². The Morgan fingerprint density at radius 1 is 0.963 bits per heavy atom. The van der Waals surface area contributed by atoms with Gasteiger partial charge >= 0.3 is 6.18 Å². The largest absolute Gasteiger partial charge is 0.416 e. The predicted octanol–water partition coefficient (Wildman–Crippen LogP) is 4.02. The summed E-state index contributed by atoms with van der Waals surface area (Å²) in [6.07, 6.45) is -2.33. The number of hydrogen-bond donors (Lipinski definition) is 2. The van der Waals surface area contributed by atoms with E-state index in [-0.39, 0.29) is 6.61 Å². The summed E-state index contributed by atoms with van der Waals surface area (Å²) in [6, 6.07) is 11.8. The van der Waals surface area contributed by atoms with E-state index in [0.717, 1.165) is 12.1 Å². The molecule has 0 unspecified atom stereocenters. The number of aliphatic hydroxyl groups excluding tert-OH is 1. The molecule has 0 saturated carbocycles. The van der Waals surface area contributed by atoms with Crippen LogP contribution in [0.4, 0.5) is 19.0 Å². The first kappa shape index (κ1) is 18.8. The molecule has 1 aromatic carbocycles. The zero-order chi connectivity index (χ0) is 19.3. The molecule has 0 spiro atoms. The molecule has 2 N–H and O–H groups in total. The van der Waals surface area contributed by atoms with Crippen LogP contribution < -0.4 is 5.32 Å². The summed E-state index contributed by atoms with van der Waals surface area (Å²) in [5, 5.41) is 12.0. The molecule has 0 radical (unpaired) electrons. The molecule has 0 aliphatic rings. The Labute approximate surface area is 154 Å². The fraction of sp³-hybridized carbons (Fsp3) is 0.211. The number of aliphatic hydroxyl groups is 1. The minimum absolute atomic E-state index is 0.0195. The number of hydrogen-bond acceptors (Lipinski definition) is 5. The topological polar surface area (TPSA) is 70.9 Å². The molecular weight excluding hydrogens is 357 g/mol. The van der Waals surface area contributed by atoms with Crippen molar-refractivity contribution in [3.05, 3.63) is 60.3 Å². The summed E-state index contributed by atoms with van der Waals surface area (Å²) in [6.45, 7) is 0.489. The normalized spacial score (nSPS) is 11.4. The summed E-state index contributed by atoms with van der Waals surface area (Å²) < 4.78 is 39.1. The highest BCUT2D eigenvalue weighted by molar-refractivity contribution is 5.67. The van der Waals surface area contributed by atoms with Crippen molar-refractivity contribution in [2.75, 3.05) is 18.5 Å². The second-order valence-corrected chi connectivity index (χ2v) is 5.76. The summed E-state index contributed by atoms with van der Waals surface area (Å²) in [5.74, 6) is 0.753. The monoisotopic (exact) mass is 374 g/mol. The number of pyridine rings is 1. The Bertz CT molecular complexity index is 901. The molecule has 0 atom stereocenters. The summed E-state index contributed by atoms with van der Waals surface area (Å²) in [5.41, 5.74) is 0.446. The van der Waals surface area contributed by atoms with Crippen molar-refractivity contribution < 1.29 is 18.3 Å². The SMILES string of the molecule is OCCCNc1cc(-c2cccc(C(F)(F)F)c2)nc(-c2ccccn2)n1. The number of anilines is 1. The van der Waals surface area contributed by atoms with Crippen LogP contribution in [-0.2, 0) is 6.18 Å². The molecule has 2 aromatic heterocycles. The zero-order valence-corrected chi connectivity index (χ0v) is 14.2. The number of alkyl halides is 3. The highest BCUT2D eigenvalue weighted by atomic mass is 19.4.